The lowest BCUT2D eigenvalue weighted by molar-refractivity contribution is -0.137. The third-order valence-corrected chi connectivity index (χ3v) is 5.21. The van der Waals surface area contributed by atoms with E-state index in [4.69, 9.17) is 4.74 Å². The maximum Gasteiger partial charge on any atom is 0.418 e. The lowest BCUT2D eigenvalue weighted by Gasteiger charge is -2.15. The molecule has 3 aromatic rings. The molecule has 0 aliphatic rings. The second kappa shape index (κ2) is 8.86. The Morgan fingerprint density at radius 1 is 1.29 bits per heavy atom. The predicted octanol–water partition coefficient (Wildman–Crippen LogP) is 3.00. The monoisotopic (exact) mass is 455 g/mol. The van der Waals surface area contributed by atoms with Gasteiger partial charge >= 0.3 is 12.1 Å². The molecular formula is C19H16F3N3O5S. The highest BCUT2D eigenvalue weighted by atomic mass is 32.1. The molecule has 2 N–H and O–H groups in total. The SMILES string of the molecule is COCCc1nc2scc(C(=O)O)c2c(=O)n1CC(=O)Nc1ccccc1C(F)(F)F. The Morgan fingerprint density at radius 2 is 2.00 bits per heavy atom. The van der Waals surface area contributed by atoms with Gasteiger partial charge in [0.25, 0.3) is 5.56 Å². The number of hydrogen-bond acceptors (Lipinski definition) is 6. The first-order valence-corrected chi connectivity index (χ1v) is 9.70. The molecule has 0 atom stereocenters. The zero-order chi connectivity index (χ0) is 22.8. The van der Waals surface area contributed by atoms with E-state index in [1.54, 1.807) is 0 Å². The number of nitrogens with zero attached hydrogens (tertiary/aromatic N) is 2. The summed E-state index contributed by atoms with van der Waals surface area (Å²) < 4.78 is 45.4. The molecule has 31 heavy (non-hydrogen) atoms. The van der Waals surface area contributed by atoms with E-state index in [1.165, 1.54) is 24.6 Å². The molecule has 0 aliphatic carbocycles. The molecule has 12 heteroatoms. The van der Waals surface area contributed by atoms with Crippen LogP contribution in [-0.2, 0) is 28.7 Å². The smallest absolute Gasteiger partial charge is 0.418 e. The highest BCUT2D eigenvalue weighted by molar-refractivity contribution is 7.17. The predicted molar refractivity (Wildman–Crippen MR) is 106 cm³/mol. The van der Waals surface area contributed by atoms with Crippen molar-refractivity contribution in [2.45, 2.75) is 19.1 Å². The van der Waals surface area contributed by atoms with Crippen molar-refractivity contribution < 1.29 is 32.6 Å². The van der Waals surface area contributed by atoms with Crippen LogP contribution in [0.2, 0.25) is 0 Å². The first kappa shape index (κ1) is 22.4. The number of carbonyl (C=O) groups is 2. The van der Waals surface area contributed by atoms with Crippen molar-refractivity contribution in [2.75, 3.05) is 19.0 Å². The minimum absolute atomic E-state index is 0.133. The molecule has 8 nitrogen and oxygen atoms in total. The van der Waals surface area contributed by atoms with Gasteiger partial charge in [-0.25, -0.2) is 9.78 Å². The van der Waals surface area contributed by atoms with Gasteiger partial charge in [-0.15, -0.1) is 11.3 Å². The van der Waals surface area contributed by atoms with Crippen molar-refractivity contribution in [1.29, 1.82) is 0 Å². The highest BCUT2D eigenvalue weighted by Gasteiger charge is 2.33. The maximum absolute atomic E-state index is 13.2. The Bertz CT molecular complexity index is 1200. The Kier molecular flexibility index (Phi) is 6.41. The van der Waals surface area contributed by atoms with Gasteiger partial charge in [-0.05, 0) is 12.1 Å². The number of thiophene rings is 1. The number of benzene rings is 1. The Balaban J connectivity index is 2.01. The molecule has 0 aliphatic heterocycles. The fourth-order valence-corrected chi connectivity index (χ4v) is 3.87. The Hall–Kier alpha value is -3.25. The van der Waals surface area contributed by atoms with E-state index < -0.39 is 41.4 Å². The van der Waals surface area contributed by atoms with Crippen LogP contribution >= 0.6 is 11.3 Å². The minimum atomic E-state index is -4.68. The number of halogens is 3. The summed E-state index contributed by atoms with van der Waals surface area (Å²) in [7, 11) is 1.43. The molecule has 1 amide bonds. The molecule has 0 saturated carbocycles. The van der Waals surface area contributed by atoms with Gasteiger partial charge < -0.3 is 15.2 Å². The number of aromatic carboxylic acids is 1. The van der Waals surface area contributed by atoms with Crippen molar-refractivity contribution in [3.8, 4) is 0 Å². The van der Waals surface area contributed by atoms with Gasteiger partial charge in [0.05, 0.1) is 28.8 Å². The number of amides is 1. The topological polar surface area (TPSA) is 111 Å². The zero-order valence-corrected chi connectivity index (χ0v) is 16.8. The molecule has 0 spiro atoms. The molecule has 0 unspecified atom stereocenters. The summed E-state index contributed by atoms with van der Waals surface area (Å²) in [6, 6.07) is 4.44. The largest absolute Gasteiger partial charge is 0.478 e. The number of ether oxygens (including phenoxy) is 1. The second-order valence-electron chi connectivity index (χ2n) is 6.39. The number of fused-ring (bicyclic) bond motifs is 1. The molecule has 164 valence electrons. The number of carboxylic acids is 1. The van der Waals surface area contributed by atoms with Gasteiger partial charge in [-0.2, -0.15) is 13.2 Å². The van der Waals surface area contributed by atoms with Crippen molar-refractivity contribution in [3.05, 3.63) is 57.0 Å². The van der Waals surface area contributed by atoms with E-state index >= 15 is 0 Å². The standard InChI is InChI=1S/C19H16F3N3O5S/c1-30-7-6-13-24-16-15(10(9-31-16)18(28)29)17(27)25(13)8-14(26)23-12-5-3-2-4-11(12)19(20,21)22/h2-5,9H,6-8H2,1H3,(H,23,26)(H,28,29). The average molecular weight is 455 g/mol. The van der Waals surface area contributed by atoms with Crippen LogP contribution in [0.3, 0.4) is 0 Å². The maximum atomic E-state index is 13.2. The van der Waals surface area contributed by atoms with Crippen LogP contribution in [0, 0.1) is 0 Å². The summed E-state index contributed by atoms with van der Waals surface area (Å²) in [5.41, 5.74) is -2.52. The number of rotatable bonds is 7. The third-order valence-electron chi connectivity index (χ3n) is 4.34. The third kappa shape index (κ3) is 4.75. The van der Waals surface area contributed by atoms with Gasteiger partial charge in [0, 0.05) is 18.9 Å². The molecular weight excluding hydrogens is 439 g/mol. The van der Waals surface area contributed by atoms with Crippen LogP contribution in [0.1, 0.15) is 21.7 Å². The van der Waals surface area contributed by atoms with Gasteiger partial charge in [0.15, 0.2) is 0 Å². The lowest BCUT2D eigenvalue weighted by Crippen LogP contribution is -2.32. The average Bonchev–Trinajstić information content (AvgIpc) is 3.13. The summed E-state index contributed by atoms with van der Waals surface area (Å²) >= 11 is 0.967. The normalized spacial score (nSPS) is 11.6. The molecule has 1 aromatic carbocycles. The van der Waals surface area contributed by atoms with Crippen molar-refractivity contribution in [1.82, 2.24) is 9.55 Å². The second-order valence-corrected chi connectivity index (χ2v) is 7.25. The van der Waals surface area contributed by atoms with Gasteiger partial charge in [0.2, 0.25) is 5.91 Å². The number of alkyl halides is 3. The van der Waals surface area contributed by atoms with E-state index in [0.29, 0.717) is 0 Å². The summed E-state index contributed by atoms with van der Waals surface area (Å²) in [5, 5.41) is 12.6. The quantitative estimate of drug-likeness (QED) is 0.567. The van der Waals surface area contributed by atoms with Crippen LogP contribution in [0.25, 0.3) is 10.2 Å². The van der Waals surface area contributed by atoms with E-state index in [-0.39, 0.29) is 34.6 Å². The number of nitrogens with one attached hydrogen (secondary N) is 1. The lowest BCUT2D eigenvalue weighted by atomic mass is 10.1. The van der Waals surface area contributed by atoms with Crippen molar-refractivity contribution >= 4 is 39.1 Å². The van der Waals surface area contributed by atoms with Crippen molar-refractivity contribution in [2.24, 2.45) is 0 Å². The molecule has 0 saturated heterocycles. The van der Waals surface area contributed by atoms with E-state index in [9.17, 15) is 32.7 Å². The number of carbonyl (C=O) groups excluding carboxylic acids is 1. The first-order valence-electron chi connectivity index (χ1n) is 8.82. The zero-order valence-electron chi connectivity index (χ0n) is 16.0. The summed E-state index contributed by atoms with van der Waals surface area (Å²) in [5.74, 6) is -2.08. The van der Waals surface area contributed by atoms with Crippen LogP contribution < -0.4 is 10.9 Å². The molecule has 2 aromatic heterocycles. The van der Waals surface area contributed by atoms with E-state index in [2.05, 4.69) is 10.3 Å². The van der Waals surface area contributed by atoms with Crippen LogP contribution in [0.15, 0.2) is 34.4 Å². The number of methoxy groups -OCH3 is 1. The van der Waals surface area contributed by atoms with Crippen LogP contribution in [0.5, 0.6) is 0 Å². The van der Waals surface area contributed by atoms with Gasteiger partial charge in [-0.1, -0.05) is 12.1 Å². The fraction of sp³-hybridized carbons (Fsp3) is 0.263. The summed E-state index contributed by atoms with van der Waals surface area (Å²) in [4.78, 5) is 41.4. The number of carboxylic acid groups (broad SMARTS) is 1. The molecule has 3 rings (SSSR count). The van der Waals surface area contributed by atoms with Gasteiger partial charge in [0.1, 0.15) is 17.2 Å². The van der Waals surface area contributed by atoms with Gasteiger partial charge in [-0.3, -0.25) is 14.2 Å². The Labute approximate surface area is 176 Å². The molecule has 0 bridgehead atoms. The summed E-state index contributed by atoms with van der Waals surface area (Å²) in [6.07, 6.45) is -4.55. The van der Waals surface area contributed by atoms with Crippen molar-refractivity contribution in [3.63, 3.8) is 0 Å². The van der Waals surface area contributed by atoms with E-state index in [1.807, 2.05) is 0 Å². The van der Waals surface area contributed by atoms with E-state index in [0.717, 1.165) is 28.0 Å². The highest BCUT2D eigenvalue weighted by Crippen LogP contribution is 2.34. The minimum Gasteiger partial charge on any atom is -0.478 e. The number of aromatic nitrogens is 2. The van der Waals surface area contributed by atoms with Crippen LogP contribution in [0.4, 0.5) is 18.9 Å². The summed E-state index contributed by atoms with van der Waals surface area (Å²) in [6.45, 7) is -0.491. The number of hydrogen-bond donors (Lipinski definition) is 2. The first-order chi connectivity index (χ1) is 14.6. The number of para-hydroxylation sites is 1. The van der Waals surface area contributed by atoms with Crippen LogP contribution in [-0.4, -0.2) is 40.3 Å². The molecule has 0 fully saturated rings. The molecule has 2 heterocycles. The number of anilines is 1. The Morgan fingerprint density at radius 3 is 2.65 bits per heavy atom. The molecule has 0 radical (unpaired) electrons. The fourth-order valence-electron chi connectivity index (χ4n) is 2.94.